The van der Waals surface area contributed by atoms with Crippen LogP contribution in [0.1, 0.15) is 20.8 Å². The van der Waals surface area contributed by atoms with Gasteiger partial charge in [0.15, 0.2) is 0 Å². The molecule has 104 valence electrons. The molecule has 0 saturated heterocycles. The number of hydrogen-bond donors (Lipinski definition) is 0. The average Bonchev–Trinajstić information content (AvgIpc) is 2.38. The molecule has 7 heteroatoms. The van der Waals surface area contributed by atoms with Crippen molar-refractivity contribution in [3.63, 3.8) is 0 Å². The molecule has 0 atom stereocenters. The zero-order valence-electron chi connectivity index (χ0n) is 11.4. The van der Waals surface area contributed by atoms with Crippen molar-refractivity contribution >= 4 is 43.1 Å². The van der Waals surface area contributed by atoms with Crippen LogP contribution in [0, 0.1) is 0 Å². The summed E-state index contributed by atoms with van der Waals surface area (Å²) in [7, 11) is -1.57. The predicted molar refractivity (Wildman–Crippen MR) is 80.4 cm³/mol. The van der Waals surface area contributed by atoms with Gasteiger partial charge in [-0.2, -0.15) is 0 Å². The van der Waals surface area contributed by atoms with E-state index in [1.54, 1.807) is 12.1 Å². The summed E-state index contributed by atoms with van der Waals surface area (Å²) >= 11 is 16.4. The van der Waals surface area contributed by atoms with Gasteiger partial charge in [0.25, 0.3) is 0 Å². The minimum absolute atomic E-state index is 0.448. The summed E-state index contributed by atoms with van der Waals surface area (Å²) in [6.07, 6.45) is 0. The fourth-order valence-corrected chi connectivity index (χ4v) is 12.4. The Balaban J connectivity index is 2.68. The molecule has 0 aromatic heterocycles. The van der Waals surface area contributed by atoms with Crippen molar-refractivity contribution in [2.75, 3.05) is 0 Å². The Bertz CT molecular complexity index is 396. The Hall–Kier alpha value is 0.690. The van der Waals surface area contributed by atoms with Crippen molar-refractivity contribution in [3.05, 3.63) is 27.2 Å². The number of hydrogen-bond acceptors (Lipinski definition) is 2. The van der Waals surface area contributed by atoms with Crippen molar-refractivity contribution in [1.29, 1.82) is 0 Å². The summed E-state index contributed by atoms with van der Waals surface area (Å²) in [6.45, 7) is 6.59. The van der Waals surface area contributed by atoms with Crippen LogP contribution >= 0.6 is 34.8 Å². The van der Waals surface area contributed by atoms with Crippen LogP contribution in [-0.2, 0) is 21.1 Å². The second-order valence-electron chi connectivity index (χ2n) is 4.35. The van der Waals surface area contributed by atoms with E-state index in [0.29, 0.717) is 20.8 Å². The predicted octanol–water partition coefficient (Wildman–Crippen LogP) is 5.96. The molecule has 1 aromatic carbocycles. The summed E-state index contributed by atoms with van der Waals surface area (Å²) in [4.78, 5) is 0. The zero-order chi connectivity index (χ0) is 14.5. The van der Waals surface area contributed by atoms with Gasteiger partial charge in [-0.05, 0) is 0 Å². The quantitative estimate of drug-likeness (QED) is 0.533. The molecule has 0 radical (unpaired) electrons. The molecule has 0 aliphatic rings. The Morgan fingerprint density at radius 3 is 1.89 bits per heavy atom. The van der Waals surface area contributed by atoms with E-state index in [2.05, 4.69) is 20.8 Å². The monoisotopic (exact) mass is 390 g/mol. The van der Waals surface area contributed by atoms with E-state index in [4.69, 9.17) is 41.6 Å². The Morgan fingerprint density at radius 1 is 1.00 bits per heavy atom. The van der Waals surface area contributed by atoms with Crippen LogP contribution in [-0.4, -0.2) is 8.32 Å². The second-order valence-corrected chi connectivity index (χ2v) is 13.3. The SMILES string of the molecule is CC[Si](CC)(CC)[O][Zn][O]c1c(Cl)cc(Cl)cc1Cl. The maximum absolute atomic E-state index is 6.18. The Morgan fingerprint density at radius 2 is 1.47 bits per heavy atom. The Kier molecular flexibility index (Phi) is 7.67. The molecule has 0 saturated carbocycles. The summed E-state index contributed by atoms with van der Waals surface area (Å²) < 4.78 is 11.9. The molecular weight excluding hydrogens is 376 g/mol. The molecule has 2 nitrogen and oxygen atoms in total. The van der Waals surface area contributed by atoms with E-state index in [9.17, 15) is 0 Å². The third-order valence-electron chi connectivity index (χ3n) is 3.46. The van der Waals surface area contributed by atoms with Gasteiger partial charge in [-0.3, -0.25) is 0 Å². The first-order valence-electron chi connectivity index (χ1n) is 6.39. The molecule has 0 amide bonds. The van der Waals surface area contributed by atoms with Crippen molar-refractivity contribution in [2.24, 2.45) is 0 Å². The molecule has 0 heterocycles. The third kappa shape index (κ3) is 4.87. The van der Waals surface area contributed by atoms with Gasteiger partial charge in [-0.25, -0.2) is 0 Å². The summed E-state index contributed by atoms with van der Waals surface area (Å²) in [5.74, 6) is 0.513. The topological polar surface area (TPSA) is 18.5 Å². The van der Waals surface area contributed by atoms with Gasteiger partial charge in [0.05, 0.1) is 0 Å². The molecule has 0 N–H and O–H groups in total. The van der Waals surface area contributed by atoms with Gasteiger partial charge in [0.2, 0.25) is 0 Å². The Labute approximate surface area is 139 Å². The van der Waals surface area contributed by atoms with E-state index in [0.717, 1.165) is 18.1 Å². The molecule has 0 fully saturated rings. The molecule has 19 heavy (non-hydrogen) atoms. The molecule has 0 aliphatic carbocycles. The first-order valence-corrected chi connectivity index (χ1v) is 12.5. The molecular formula is C12H17Cl3O2SiZn. The molecule has 0 spiro atoms. The molecule has 0 bridgehead atoms. The van der Waals surface area contributed by atoms with E-state index >= 15 is 0 Å². The van der Waals surface area contributed by atoms with Crippen molar-refractivity contribution in [2.45, 2.75) is 38.9 Å². The van der Waals surface area contributed by atoms with Crippen LogP contribution in [0.2, 0.25) is 33.2 Å². The molecule has 1 aromatic rings. The van der Waals surface area contributed by atoms with Crippen LogP contribution in [0.4, 0.5) is 0 Å². The second kappa shape index (κ2) is 8.21. The summed E-state index contributed by atoms with van der Waals surface area (Å²) in [5.41, 5.74) is 0. The molecule has 0 unspecified atom stereocenters. The van der Waals surface area contributed by atoms with E-state index in [1.165, 1.54) is 0 Å². The molecule has 1 rings (SSSR count). The van der Waals surface area contributed by atoms with Crippen LogP contribution < -0.4 is 3.56 Å². The van der Waals surface area contributed by atoms with Crippen molar-refractivity contribution in [3.8, 4) is 5.75 Å². The van der Waals surface area contributed by atoms with Gasteiger partial charge in [-0.1, -0.05) is 0 Å². The molecule has 0 aliphatic heterocycles. The minimum atomic E-state index is -1.59. The van der Waals surface area contributed by atoms with E-state index in [-0.39, 0.29) is 0 Å². The van der Waals surface area contributed by atoms with Crippen molar-refractivity contribution in [1.82, 2.24) is 0 Å². The van der Waals surface area contributed by atoms with Gasteiger partial charge in [0, 0.05) is 0 Å². The third-order valence-corrected chi connectivity index (χ3v) is 14.3. The van der Waals surface area contributed by atoms with Gasteiger partial charge in [-0.15, -0.1) is 0 Å². The van der Waals surface area contributed by atoms with Gasteiger partial charge >= 0.3 is 140 Å². The van der Waals surface area contributed by atoms with Crippen LogP contribution in [0.25, 0.3) is 0 Å². The number of halogens is 3. The first kappa shape index (κ1) is 17.7. The van der Waals surface area contributed by atoms with Crippen LogP contribution in [0.15, 0.2) is 12.1 Å². The van der Waals surface area contributed by atoms with Gasteiger partial charge < -0.3 is 0 Å². The van der Waals surface area contributed by atoms with Crippen LogP contribution in [0.3, 0.4) is 0 Å². The van der Waals surface area contributed by atoms with Gasteiger partial charge in [0.1, 0.15) is 0 Å². The first-order chi connectivity index (χ1) is 8.98. The van der Waals surface area contributed by atoms with E-state index in [1.807, 2.05) is 0 Å². The van der Waals surface area contributed by atoms with Crippen LogP contribution in [0.5, 0.6) is 5.75 Å². The zero-order valence-corrected chi connectivity index (χ0v) is 17.7. The van der Waals surface area contributed by atoms with E-state index < -0.39 is 26.2 Å². The standard InChI is InChI=1S/C6H3Cl3O.C6H15OSi.Zn/c7-3-1-4(8)6(10)5(9)2-3;1-4-8(7,5-2)6-3;/h1-2,10H;4-6H2,1-3H3;/q;-1;+2/p-1. The number of rotatable bonds is 7. The maximum atomic E-state index is 6.18. The summed E-state index contributed by atoms with van der Waals surface area (Å²) in [5, 5.41) is 1.40. The summed E-state index contributed by atoms with van der Waals surface area (Å²) in [6, 6.07) is 6.64. The number of benzene rings is 1. The normalized spacial score (nSPS) is 11.3. The average molecular weight is 393 g/mol. The fourth-order valence-electron chi connectivity index (χ4n) is 1.94. The fraction of sp³-hybridized carbons (Fsp3) is 0.500. The van der Waals surface area contributed by atoms with Crippen molar-refractivity contribution < 1.29 is 24.7 Å².